The average molecular weight is 492 g/mol. The zero-order chi connectivity index (χ0) is 19.1. The summed E-state index contributed by atoms with van der Waals surface area (Å²) >= 11 is 7.03. The molecule has 1 fully saturated rings. The van der Waals surface area contributed by atoms with Crippen LogP contribution in [0.4, 0.5) is 0 Å². The number of amides is 1. The molecule has 3 rings (SSSR count). The molecular formula is C22H24Br2N2O. The second-order valence-corrected chi connectivity index (χ2v) is 8.55. The van der Waals surface area contributed by atoms with Crippen molar-refractivity contribution in [3.8, 4) is 0 Å². The van der Waals surface area contributed by atoms with E-state index in [1.807, 2.05) is 42.5 Å². The molecule has 1 N–H and O–H groups in total. The van der Waals surface area contributed by atoms with E-state index in [1.54, 1.807) is 0 Å². The highest BCUT2D eigenvalue weighted by molar-refractivity contribution is 9.11. The summed E-state index contributed by atoms with van der Waals surface area (Å²) in [6, 6.07) is 13.8. The molecule has 1 heterocycles. The molecule has 3 nitrogen and oxygen atoms in total. The van der Waals surface area contributed by atoms with Crippen LogP contribution in [0.5, 0.6) is 0 Å². The molecule has 0 radical (unpaired) electrons. The zero-order valence-electron chi connectivity index (χ0n) is 15.3. The monoisotopic (exact) mass is 490 g/mol. The topological polar surface area (TPSA) is 32.3 Å². The second kappa shape index (κ2) is 10.2. The van der Waals surface area contributed by atoms with Crippen molar-refractivity contribution in [1.29, 1.82) is 0 Å². The van der Waals surface area contributed by atoms with Crippen LogP contribution in [0.15, 0.2) is 51.4 Å². The molecule has 0 aliphatic carbocycles. The first-order valence-electron chi connectivity index (χ1n) is 9.35. The van der Waals surface area contributed by atoms with Gasteiger partial charge in [0.1, 0.15) is 0 Å². The number of hydrogen-bond donors (Lipinski definition) is 1. The molecule has 0 bridgehead atoms. The Hall–Kier alpha value is -1.43. The van der Waals surface area contributed by atoms with E-state index in [1.165, 1.54) is 19.3 Å². The van der Waals surface area contributed by atoms with Gasteiger partial charge in [-0.1, -0.05) is 68.6 Å². The maximum Gasteiger partial charge on any atom is 0.251 e. The van der Waals surface area contributed by atoms with Crippen molar-refractivity contribution >= 4 is 49.9 Å². The number of hydrogen-bond acceptors (Lipinski definition) is 2. The molecule has 1 saturated heterocycles. The molecule has 0 spiro atoms. The summed E-state index contributed by atoms with van der Waals surface area (Å²) in [5.41, 5.74) is 2.88. The van der Waals surface area contributed by atoms with Crippen LogP contribution in [0, 0.1) is 0 Å². The van der Waals surface area contributed by atoms with Crippen molar-refractivity contribution in [2.24, 2.45) is 0 Å². The van der Waals surface area contributed by atoms with Gasteiger partial charge in [0.15, 0.2) is 0 Å². The second-order valence-electron chi connectivity index (χ2n) is 6.78. The summed E-state index contributed by atoms with van der Waals surface area (Å²) in [6.07, 6.45) is 8.00. The molecule has 142 valence electrons. The van der Waals surface area contributed by atoms with Crippen molar-refractivity contribution in [3.63, 3.8) is 0 Å². The number of halogens is 2. The largest absolute Gasteiger partial charge is 0.351 e. The number of piperidine rings is 1. The van der Waals surface area contributed by atoms with Gasteiger partial charge in [-0.2, -0.15) is 0 Å². The Morgan fingerprint density at radius 3 is 2.44 bits per heavy atom. The van der Waals surface area contributed by atoms with Crippen molar-refractivity contribution in [3.05, 3.63) is 68.1 Å². The third-order valence-electron chi connectivity index (χ3n) is 4.75. The minimum Gasteiger partial charge on any atom is -0.351 e. The van der Waals surface area contributed by atoms with Crippen molar-refractivity contribution in [1.82, 2.24) is 10.2 Å². The molecular weight excluding hydrogens is 468 g/mol. The lowest BCUT2D eigenvalue weighted by atomic mass is 10.1. The Kier molecular flexibility index (Phi) is 7.68. The van der Waals surface area contributed by atoms with E-state index in [0.717, 1.165) is 39.7 Å². The molecule has 0 aromatic heterocycles. The van der Waals surface area contributed by atoms with E-state index in [-0.39, 0.29) is 5.91 Å². The lowest BCUT2D eigenvalue weighted by molar-refractivity contribution is 0.0946. The van der Waals surface area contributed by atoms with Crippen molar-refractivity contribution in [2.45, 2.75) is 19.3 Å². The first-order chi connectivity index (χ1) is 13.1. The van der Waals surface area contributed by atoms with Crippen LogP contribution in [0.25, 0.3) is 12.2 Å². The maximum absolute atomic E-state index is 12.3. The fourth-order valence-electron chi connectivity index (χ4n) is 3.18. The van der Waals surface area contributed by atoms with Gasteiger partial charge in [-0.15, -0.1) is 0 Å². The van der Waals surface area contributed by atoms with Gasteiger partial charge < -0.3 is 10.2 Å². The van der Waals surface area contributed by atoms with E-state index >= 15 is 0 Å². The Bertz CT molecular complexity index is 796. The third-order valence-corrected chi connectivity index (χ3v) is 5.93. The lowest BCUT2D eigenvalue weighted by Gasteiger charge is -2.26. The van der Waals surface area contributed by atoms with Gasteiger partial charge in [0.05, 0.1) is 0 Å². The number of benzene rings is 2. The van der Waals surface area contributed by atoms with E-state index in [2.05, 4.69) is 54.2 Å². The summed E-state index contributed by atoms with van der Waals surface area (Å²) in [6.45, 7) is 3.96. The van der Waals surface area contributed by atoms with Crippen LogP contribution in [0.3, 0.4) is 0 Å². The number of carbonyl (C=O) groups is 1. The van der Waals surface area contributed by atoms with Crippen molar-refractivity contribution < 1.29 is 4.79 Å². The Balaban J connectivity index is 1.51. The predicted octanol–water partition coefficient (Wildman–Crippen LogP) is 5.60. The van der Waals surface area contributed by atoms with Crippen LogP contribution >= 0.6 is 31.9 Å². The highest BCUT2D eigenvalue weighted by atomic mass is 79.9. The highest BCUT2D eigenvalue weighted by Gasteiger charge is 2.10. The van der Waals surface area contributed by atoms with Gasteiger partial charge in [0, 0.05) is 27.6 Å². The van der Waals surface area contributed by atoms with Crippen LogP contribution < -0.4 is 5.32 Å². The third kappa shape index (κ3) is 6.30. The SMILES string of the molecule is O=C(NCCN1CCCCC1)c1ccc(/C=C/c2ccc(Br)cc2Br)cc1. The average Bonchev–Trinajstić information content (AvgIpc) is 2.68. The number of likely N-dealkylation sites (tertiary alicyclic amines) is 1. The Morgan fingerprint density at radius 2 is 1.74 bits per heavy atom. The van der Waals surface area contributed by atoms with E-state index in [4.69, 9.17) is 0 Å². The molecule has 1 amide bonds. The number of carbonyl (C=O) groups excluding carboxylic acids is 1. The zero-order valence-corrected chi connectivity index (χ0v) is 18.4. The van der Waals surface area contributed by atoms with Crippen LogP contribution in [-0.2, 0) is 0 Å². The minimum absolute atomic E-state index is 0.00167. The van der Waals surface area contributed by atoms with Crippen LogP contribution in [0.2, 0.25) is 0 Å². The van der Waals surface area contributed by atoms with E-state index < -0.39 is 0 Å². The van der Waals surface area contributed by atoms with Crippen LogP contribution in [-0.4, -0.2) is 37.0 Å². The highest BCUT2D eigenvalue weighted by Crippen LogP contribution is 2.23. The molecule has 5 heteroatoms. The normalized spacial score (nSPS) is 15.2. The van der Waals surface area contributed by atoms with Gasteiger partial charge in [0.2, 0.25) is 0 Å². The molecule has 0 saturated carbocycles. The lowest BCUT2D eigenvalue weighted by Crippen LogP contribution is -2.37. The van der Waals surface area contributed by atoms with Gasteiger partial charge in [0.25, 0.3) is 5.91 Å². The molecule has 2 aromatic carbocycles. The minimum atomic E-state index is -0.00167. The fourth-order valence-corrected chi connectivity index (χ4v) is 4.36. The number of rotatable bonds is 6. The summed E-state index contributed by atoms with van der Waals surface area (Å²) < 4.78 is 2.08. The predicted molar refractivity (Wildman–Crippen MR) is 120 cm³/mol. The van der Waals surface area contributed by atoms with E-state index in [0.29, 0.717) is 12.1 Å². The summed E-state index contributed by atoms with van der Waals surface area (Å²) in [5.74, 6) is -0.00167. The van der Waals surface area contributed by atoms with Crippen molar-refractivity contribution in [2.75, 3.05) is 26.2 Å². The summed E-state index contributed by atoms with van der Waals surface area (Å²) in [7, 11) is 0. The standard InChI is InChI=1S/C22H24Br2N2O/c23-20-11-10-18(21(24)16-20)7-4-17-5-8-19(9-6-17)22(27)25-12-15-26-13-2-1-3-14-26/h4-11,16H,1-3,12-15H2,(H,25,27)/b7-4+. The molecule has 0 atom stereocenters. The summed E-state index contributed by atoms with van der Waals surface area (Å²) in [5, 5.41) is 3.03. The van der Waals surface area contributed by atoms with Gasteiger partial charge >= 0.3 is 0 Å². The summed E-state index contributed by atoms with van der Waals surface area (Å²) in [4.78, 5) is 14.7. The molecule has 2 aromatic rings. The number of nitrogens with one attached hydrogen (secondary N) is 1. The van der Waals surface area contributed by atoms with E-state index in [9.17, 15) is 4.79 Å². The van der Waals surface area contributed by atoms with Gasteiger partial charge in [-0.05, 0) is 61.3 Å². The Labute approximate surface area is 178 Å². The van der Waals surface area contributed by atoms with Gasteiger partial charge in [-0.3, -0.25) is 4.79 Å². The van der Waals surface area contributed by atoms with Crippen LogP contribution in [0.1, 0.15) is 40.7 Å². The molecule has 27 heavy (non-hydrogen) atoms. The first kappa shape index (κ1) is 20.3. The quantitative estimate of drug-likeness (QED) is 0.533. The van der Waals surface area contributed by atoms with Gasteiger partial charge in [-0.25, -0.2) is 0 Å². The number of nitrogens with zero attached hydrogens (tertiary/aromatic N) is 1. The molecule has 1 aliphatic heterocycles. The Morgan fingerprint density at radius 1 is 1.00 bits per heavy atom. The maximum atomic E-state index is 12.3. The first-order valence-corrected chi connectivity index (χ1v) is 10.9. The molecule has 1 aliphatic rings. The molecule has 0 unspecified atom stereocenters. The fraction of sp³-hybridized carbons (Fsp3) is 0.318. The smallest absolute Gasteiger partial charge is 0.251 e.